The molecule has 0 heterocycles. The first-order valence-electron chi connectivity index (χ1n) is 10.0. The number of aliphatic carboxylic acids is 1. The average molecular weight is 398 g/mol. The van der Waals surface area contributed by atoms with Gasteiger partial charge in [-0.2, -0.15) is 0 Å². The lowest BCUT2D eigenvalue weighted by Crippen LogP contribution is -2.23. The van der Waals surface area contributed by atoms with Gasteiger partial charge in [0.1, 0.15) is 5.60 Å². The fourth-order valence-electron chi connectivity index (χ4n) is 3.51. The molecule has 0 radical (unpaired) electrons. The molecule has 0 bridgehead atoms. The number of unbranched alkanes of at least 4 members (excludes halogenated alkanes) is 1. The highest BCUT2D eigenvalue weighted by Gasteiger charge is 2.39. The molecule has 5 atom stereocenters. The minimum Gasteiger partial charge on any atom is -0.481 e. The zero-order valence-electron chi connectivity index (χ0n) is 16.7. The lowest BCUT2D eigenvalue weighted by molar-refractivity contribution is -0.137. The number of aliphatic hydroxyl groups is 3. The van der Waals surface area contributed by atoms with Crippen LogP contribution in [0.4, 0.5) is 0 Å². The predicted octanol–water partition coefficient (Wildman–Crippen LogP) is 2.90. The van der Waals surface area contributed by atoms with E-state index >= 15 is 0 Å². The third-order valence-corrected chi connectivity index (χ3v) is 5.13. The second kappa shape index (κ2) is 11.0. The third kappa shape index (κ3) is 7.86. The van der Waals surface area contributed by atoms with Crippen LogP contribution < -0.4 is 0 Å². The van der Waals surface area contributed by atoms with E-state index < -0.39 is 23.8 Å². The Morgan fingerprint density at radius 3 is 2.62 bits per heavy atom. The zero-order chi connectivity index (χ0) is 21.3. The highest BCUT2D eigenvalue weighted by Crippen LogP contribution is 2.36. The summed E-state index contributed by atoms with van der Waals surface area (Å²) in [5.41, 5.74) is -0.538. The van der Waals surface area contributed by atoms with Crippen molar-refractivity contribution in [1.82, 2.24) is 0 Å². The van der Waals surface area contributed by atoms with Crippen molar-refractivity contribution in [2.24, 2.45) is 11.8 Å². The molecule has 2 rings (SSSR count). The lowest BCUT2D eigenvalue weighted by Gasteiger charge is -2.20. The summed E-state index contributed by atoms with van der Waals surface area (Å²) in [7, 11) is 0. The fourth-order valence-corrected chi connectivity index (χ4v) is 3.51. The first kappa shape index (κ1) is 22.9. The fraction of sp³-hybridized carbons (Fsp3) is 0.458. The van der Waals surface area contributed by atoms with Crippen molar-refractivity contribution in [3.05, 3.63) is 60.2 Å². The van der Waals surface area contributed by atoms with Gasteiger partial charge in [0.25, 0.3) is 0 Å². The van der Waals surface area contributed by atoms with Gasteiger partial charge in [-0.25, -0.2) is 0 Å². The number of carbonyl (C=O) groups is 1. The Kier molecular flexibility index (Phi) is 8.66. The number of hydrogen-bond acceptors (Lipinski definition) is 4. The van der Waals surface area contributed by atoms with E-state index in [1.165, 1.54) is 0 Å². The normalized spacial score (nSPS) is 26.3. The Bertz CT molecular complexity index is 769. The van der Waals surface area contributed by atoms with Crippen molar-refractivity contribution >= 4 is 5.97 Å². The maximum absolute atomic E-state index is 10.5. The molecular formula is C24H30O5. The molecule has 1 aromatic rings. The Morgan fingerprint density at radius 1 is 1.21 bits per heavy atom. The lowest BCUT2D eigenvalue weighted by atomic mass is 9.88. The van der Waals surface area contributed by atoms with Crippen LogP contribution in [0.1, 0.15) is 44.6 Å². The largest absolute Gasteiger partial charge is 0.481 e. The SMILES string of the molecule is CC(O)(C#Cc1ccccc1)/C=C/[C@@H]1[C@@H](C/C=C\CCCC(=O)O)[C@@H](O)C[C@H]1O. The maximum atomic E-state index is 10.5. The number of hydrogen-bond donors (Lipinski definition) is 4. The molecule has 29 heavy (non-hydrogen) atoms. The summed E-state index contributed by atoms with van der Waals surface area (Å²) in [5.74, 6) is 4.52. The van der Waals surface area contributed by atoms with E-state index in [1.54, 1.807) is 19.1 Å². The van der Waals surface area contributed by atoms with Crippen LogP contribution in [0.3, 0.4) is 0 Å². The standard InChI is InChI=1S/C24H30O5/c1-24(29,15-13-18-9-5-4-6-10-18)16-14-20-19(21(25)17-22(20)26)11-7-2-3-8-12-23(27)28/h2,4-7,9-10,14,16,19-22,25-26,29H,3,8,11-12,17H2,1H3,(H,27,28)/b7-2-,16-14+/t19-,20-,21+,22-,24?/m1/s1. The van der Waals surface area contributed by atoms with Gasteiger partial charge in [-0.05, 0) is 50.3 Å². The van der Waals surface area contributed by atoms with Gasteiger partial charge < -0.3 is 20.4 Å². The number of rotatable bonds is 8. The van der Waals surface area contributed by atoms with Crippen LogP contribution in [-0.2, 0) is 4.79 Å². The van der Waals surface area contributed by atoms with Gasteiger partial charge in [-0.1, -0.05) is 48.3 Å². The van der Waals surface area contributed by atoms with Gasteiger partial charge in [-0.15, -0.1) is 0 Å². The van der Waals surface area contributed by atoms with Crippen molar-refractivity contribution in [3.63, 3.8) is 0 Å². The molecule has 1 unspecified atom stereocenters. The van der Waals surface area contributed by atoms with Crippen LogP contribution in [0, 0.1) is 23.7 Å². The first-order chi connectivity index (χ1) is 13.8. The number of carboxylic acids is 1. The van der Waals surface area contributed by atoms with Crippen molar-refractivity contribution < 1.29 is 25.2 Å². The van der Waals surface area contributed by atoms with Crippen LogP contribution in [-0.4, -0.2) is 44.2 Å². The van der Waals surface area contributed by atoms with E-state index in [4.69, 9.17) is 5.11 Å². The van der Waals surface area contributed by atoms with E-state index in [0.717, 1.165) is 5.56 Å². The van der Waals surface area contributed by atoms with E-state index in [0.29, 0.717) is 25.7 Å². The predicted molar refractivity (Wildman–Crippen MR) is 112 cm³/mol. The number of benzene rings is 1. The molecule has 1 saturated carbocycles. The summed E-state index contributed by atoms with van der Waals surface area (Å²) in [6.45, 7) is 1.59. The van der Waals surface area contributed by atoms with Gasteiger partial charge in [0.05, 0.1) is 12.2 Å². The molecule has 0 spiro atoms. The first-order valence-corrected chi connectivity index (χ1v) is 10.0. The van der Waals surface area contributed by atoms with Gasteiger partial charge in [-0.3, -0.25) is 4.79 Å². The smallest absolute Gasteiger partial charge is 0.303 e. The zero-order valence-corrected chi connectivity index (χ0v) is 16.7. The van der Waals surface area contributed by atoms with Gasteiger partial charge >= 0.3 is 5.97 Å². The minimum atomic E-state index is -1.35. The van der Waals surface area contributed by atoms with Gasteiger partial charge in [0.2, 0.25) is 0 Å². The molecule has 1 aromatic carbocycles. The Hall–Kier alpha value is -2.39. The van der Waals surface area contributed by atoms with Crippen molar-refractivity contribution in [1.29, 1.82) is 0 Å². The van der Waals surface area contributed by atoms with E-state index in [9.17, 15) is 20.1 Å². The van der Waals surface area contributed by atoms with Crippen molar-refractivity contribution in [2.45, 2.75) is 56.8 Å². The van der Waals surface area contributed by atoms with Gasteiger partial charge in [0.15, 0.2) is 0 Å². The molecule has 1 fully saturated rings. The Balaban J connectivity index is 1.97. The highest BCUT2D eigenvalue weighted by molar-refractivity contribution is 5.66. The topological polar surface area (TPSA) is 98.0 Å². The van der Waals surface area contributed by atoms with E-state index in [1.807, 2.05) is 42.5 Å². The summed E-state index contributed by atoms with van der Waals surface area (Å²) in [6, 6.07) is 9.39. The maximum Gasteiger partial charge on any atom is 0.303 e. The monoisotopic (exact) mass is 398 g/mol. The molecule has 156 valence electrons. The van der Waals surface area contributed by atoms with Crippen LogP contribution in [0.2, 0.25) is 0 Å². The summed E-state index contributed by atoms with van der Waals surface area (Å²) in [5, 5.41) is 39.8. The molecule has 0 amide bonds. The summed E-state index contributed by atoms with van der Waals surface area (Å²) in [4.78, 5) is 10.5. The second-order valence-electron chi connectivity index (χ2n) is 7.73. The Labute approximate surface area is 172 Å². The van der Waals surface area contributed by atoms with Crippen molar-refractivity contribution in [2.75, 3.05) is 0 Å². The van der Waals surface area contributed by atoms with E-state index in [-0.39, 0.29) is 18.3 Å². The quantitative estimate of drug-likeness (QED) is 0.307. The van der Waals surface area contributed by atoms with Crippen LogP contribution in [0.5, 0.6) is 0 Å². The van der Waals surface area contributed by atoms with Crippen LogP contribution in [0.25, 0.3) is 0 Å². The number of carboxylic acid groups (broad SMARTS) is 1. The molecule has 0 saturated heterocycles. The number of allylic oxidation sites excluding steroid dienone is 2. The molecule has 1 aliphatic rings. The summed E-state index contributed by atoms with van der Waals surface area (Å²) >= 11 is 0. The molecule has 0 aromatic heterocycles. The van der Waals surface area contributed by atoms with Crippen molar-refractivity contribution in [3.8, 4) is 11.8 Å². The molecule has 4 N–H and O–H groups in total. The molecule has 0 aliphatic heterocycles. The number of aliphatic hydroxyl groups excluding tert-OH is 2. The third-order valence-electron chi connectivity index (χ3n) is 5.13. The van der Waals surface area contributed by atoms with Crippen LogP contribution in [0.15, 0.2) is 54.6 Å². The van der Waals surface area contributed by atoms with Crippen LogP contribution >= 0.6 is 0 Å². The summed E-state index contributed by atoms with van der Waals surface area (Å²) < 4.78 is 0. The molecular weight excluding hydrogens is 368 g/mol. The Morgan fingerprint density at radius 2 is 1.93 bits per heavy atom. The summed E-state index contributed by atoms with van der Waals surface area (Å²) in [6.07, 6.45) is 8.15. The van der Waals surface area contributed by atoms with Gasteiger partial charge in [0, 0.05) is 24.3 Å². The second-order valence-corrected chi connectivity index (χ2v) is 7.73. The minimum absolute atomic E-state index is 0.138. The van der Waals surface area contributed by atoms with E-state index in [2.05, 4.69) is 11.8 Å². The average Bonchev–Trinajstić information content (AvgIpc) is 2.94. The molecule has 5 heteroatoms. The molecule has 1 aliphatic carbocycles. The molecule has 5 nitrogen and oxygen atoms in total. The highest BCUT2D eigenvalue weighted by atomic mass is 16.4.